The van der Waals surface area contributed by atoms with E-state index in [1.807, 2.05) is 0 Å². The smallest absolute Gasteiger partial charge is 0.346 e. The Morgan fingerprint density at radius 3 is 1.50 bits per heavy atom. The molecule has 4 aliphatic rings. The second-order valence-corrected chi connectivity index (χ2v) is 4.75. The molecule has 2 aliphatic heterocycles. The van der Waals surface area contributed by atoms with Crippen LogP contribution in [0.4, 0.5) is 0 Å². The molecule has 0 aromatic carbocycles. The molecule has 2 aliphatic carbocycles. The predicted octanol–water partition coefficient (Wildman–Crippen LogP) is 0.118. The maximum atomic E-state index is 11.8. The average Bonchev–Trinajstić information content (AvgIpc) is 2.42. The van der Waals surface area contributed by atoms with Crippen LogP contribution in [0.3, 0.4) is 0 Å². The van der Waals surface area contributed by atoms with E-state index in [0.717, 1.165) is 0 Å². The first-order valence-corrected chi connectivity index (χ1v) is 5.95. The lowest BCUT2D eigenvalue weighted by Gasteiger charge is -2.35. The van der Waals surface area contributed by atoms with E-state index in [1.54, 1.807) is 0 Å². The van der Waals surface area contributed by atoms with Gasteiger partial charge in [-0.05, 0) is 11.1 Å². The molecule has 6 heteroatoms. The Labute approximate surface area is 112 Å². The highest BCUT2D eigenvalue weighted by Crippen LogP contribution is 2.45. The van der Waals surface area contributed by atoms with Crippen LogP contribution >= 0.6 is 0 Å². The van der Waals surface area contributed by atoms with Gasteiger partial charge in [0.1, 0.15) is 11.8 Å². The van der Waals surface area contributed by atoms with E-state index in [4.69, 9.17) is 0 Å². The van der Waals surface area contributed by atoms with E-state index in [1.165, 1.54) is 24.3 Å². The highest BCUT2D eigenvalue weighted by Gasteiger charge is 2.47. The first-order chi connectivity index (χ1) is 9.58. The van der Waals surface area contributed by atoms with Gasteiger partial charge >= 0.3 is 23.9 Å². The van der Waals surface area contributed by atoms with Crippen LogP contribution in [0.15, 0.2) is 46.6 Å². The highest BCUT2D eigenvalue weighted by molar-refractivity contribution is 6.12. The summed E-state index contributed by atoms with van der Waals surface area (Å²) in [5.41, 5.74) is 1.21. The van der Waals surface area contributed by atoms with E-state index < -0.39 is 35.7 Å². The van der Waals surface area contributed by atoms with Crippen molar-refractivity contribution >= 4 is 23.9 Å². The number of hydrogen-bond acceptors (Lipinski definition) is 6. The van der Waals surface area contributed by atoms with Crippen LogP contribution in [0.1, 0.15) is 0 Å². The summed E-state index contributed by atoms with van der Waals surface area (Å²) < 4.78 is 9.31. The van der Waals surface area contributed by atoms with E-state index in [-0.39, 0.29) is 11.1 Å². The summed E-state index contributed by atoms with van der Waals surface area (Å²) in [7, 11) is 0. The summed E-state index contributed by atoms with van der Waals surface area (Å²) in [6.45, 7) is 0. The zero-order chi connectivity index (χ0) is 14.0. The molecule has 0 spiro atoms. The van der Waals surface area contributed by atoms with Crippen LogP contribution in [-0.4, -0.2) is 23.9 Å². The molecule has 98 valence electrons. The topological polar surface area (TPSA) is 86.7 Å². The Bertz CT molecular complexity index is 682. The van der Waals surface area contributed by atoms with Crippen molar-refractivity contribution in [2.24, 2.45) is 11.8 Å². The van der Waals surface area contributed by atoms with Crippen LogP contribution < -0.4 is 0 Å². The maximum absolute atomic E-state index is 11.8. The lowest BCUT2D eigenvalue weighted by Crippen LogP contribution is -2.40. The van der Waals surface area contributed by atoms with E-state index in [9.17, 15) is 19.2 Å². The molecule has 0 radical (unpaired) electrons. The average molecular weight is 270 g/mol. The van der Waals surface area contributed by atoms with Gasteiger partial charge in [-0.3, -0.25) is 9.59 Å². The number of esters is 4. The van der Waals surface area contributed by atoms with Gasteiger partial charge in [0.05, 0.1) is 11.1 Å². The number of ether oxygens (including phenoxy) is 2. The molecule has 0 fully saturated rings. The summed E-state index contributed by atoms with van der Waals surface area (Å²) in [5, 5.41) is 0. The first kappa shape index (κ1) is 11.1. The van der Waals surface area contributed by atoms with Gasteiger partial charge in [-0.2, -0.15) is 0 Å². The SMILES string of the molecule is O=C1OC(=O)C2C=CC3=C4C2=C1C=CC4C(=O)OC3=O. The predicted molar refractivity (Wildman–Crippen MR) is 61.5 cm³/mol. The summed E-state index contributed by atoms with van der Waals surface area (Å²) in [4.78, 5) is 47.1. The molecular formula is C14H6O6. The van der Waals surface area contributed by atoms with E-state index in [0.29, 0.717) is 11.1 Å². The molecule has 0 aromatic rings. The van der Waals surface area contributed by atoms with Crippen LogP contribution in [0.25, 0.3) is 0 Å². The summed E-state index contributed by atoms with van der Waals surface area (Å²) in [5.74, 6) is -4.43. The van der Waals surface area contributed by atoms with Gasteiger partial charge < -0.3 is 9.47 Å². The molecule has 2 heterocycles. The quantitative estimate of drug-likeness (QED) is 0.459. The summed E-state index contributed by atoms with van der Waals surface area (Å²) in [6, 6.07) is 0. The number of carbonyl (C=O) groups is 4. The van der Waals surface area contributed by atoms with Crippen molar-refractivity contribution < 1.29 is 28.7 Å². The van der Waals surface area contributed by atoms with Gasteiger partial charge in [-0.15, -0.1) is 0 Å². The van der Waals surface area contributed by atoms with Gasteiger partial charge in [-0.1, -0.05) is 24.3 Å². The fraction of sp³-hybridized carbons (Fsp3) is 0.143. The molecule has 2 atom stereocenters. The molecular weight excluding hydrogens is 264 g/mol. The van der Waals surface area contributed by atoms with Crippen molar-refractivity contribution in [1.29, 1.82) is 0 Å². The van der Waals surface area contributed by atoms with E-state index >= 15 is 0 Å². The molecule has 0 saturated carbocycles. The van der Waals surface area contributed by atoms with Crippen molar-refractivity contribution in [2.45, 2.75) is 0 Å². The minimum atomic E-state index is -0.760. The Morgan fingerprint density at radius 1 is 0.700 bits per heavy atom. The second-order valence-electron chi connectivity index (χ2n) is 4.75. The molecule has 20 heavy (non-hydrogen) atoms. The Morgan fingerprint density at radius 2 is 1.10 bits per heavy atom. The molecule has 0 amide bonds. The number of rotatable bonds is 0. The van der Waals surface area contributed by atoms with E-state index in [2.05, 4.69) is 9.47 Å². The third kappa shape index (κ3) is 1.18. The zero-order valence-corrected chi connectivity index (χ0v) is 9.91. The number of cyclic esters (lactones) is 4. The Hall–Kier alpha value is -2.76. The molecule has 0 aromatic heterocycles. The molecule has 0 N–H and O–H groups in total. The minimum absolute atomic E-state index is 0.213. The van der Waals surface area contributed by atoms with Crippen molar-refractivity contribution in [3.05, 3.63) is 46.6 Å². The van der Waals surface area contributed by atoms with Gasteiger partial charge in [0.25, 0.3) is 0 Å². The van der Waals surface area contributed by atoms with Crippen LogP contribution in [0.5, 0.6) is 0 Å². The lowest BCUT2D eigenvalue weighted by molar-refractivity contribution is -0.162. The third-order valence-corrected chi connectivity index (χ3v) is 3.74. The van der Waals surface area contributed by atoms with Crippen LogP contribution in [0, 0.1) is 11.8 Å². The maximum Gasteiger partial charge on any atom is 0.346 e. The van der Waals surface area contributed by atoms with Crippen molar-refractivity contribution in [3.8, 4) is 0 Å². The normalized spacial score (nSPS) is 30.4. The van der Waals surface area contributed by atoms with Crippen molar-refractivity contribution in [3.63, 3.8) is 0 Å². The lowest BCUT2D eigenvalue weighted by atomic mass is 9.71. The monoisotopic (exact) mass is 270 g/mol. The molecule has 0 saturated heterocycles. The standard InChI is InChI=1S/C14H6O6/c15-11-5-1-2-6-10-8(14(18)20-12(6)16)4-3-7(9(5)10)13(17)19-11/h1-5,8H. The molecule has 6 nitrogen and oxygen atoms in total. The molecule has 4 rings (SSSR count). The Balaban J connectivity index is 2.05. The largest absolute Gasteiger partial charge is 0.389 e. The number of hydrogen-bond donors (Lipinski definition) is 0. The second kappa shape index (κ2) is 3.41. The Kier molecular flexibility index (Phi) is 1.89. The number of carbonyl (C=O) groups excluding carboxylic acids is 4. The van der Waals surface area contributed by atoms with Gasteiger partial charge in [-0.25, -0.2) is 9.59 Å². The van der Waals surface area contributed by atoms with Crippen molar-refractivity contribution in [2.75, 3.05) is 0 Å². The van der Waals surface area contributed by atoms with Gasteiger partial charge in [0, 0.05) is 0 Å². The van der Waals surface area contributed by atoms with Gasteiger partial charge in [0.15, 0.2) is 0 Å². The van der Waals surface area contributed by atoms with Crippen molar-refractivity contribution in [1.82, 2.24) is 0 Å². The van der Waals surface area contributed by atoms with Crippen LogP contribution in [-0.2, 0) is 28.7 Å². The summed E-state index contributed by atoms with van der Waals surface area (Å²) in [6.07, 6.45) is 5.85. The zero-order valence-electron chi connectivity index (χ0n) is 9.91. The summed E-state index contributed by atoms with van der Waals surface area (Å²) >= 11 is 0. The minimum Gasteiger partial charge on any atom is -0.389 e. The van der Waals surface area contributed by atoms with Crippen LogP contribution in [0.2, 0.25) is 0 Å². The highest BCUT2D eigenvalue weighted by atomic mass is 16.6. The molecule has 0 bridgehead atoms. The fourth-order valence-electron chi connectivity index (χ4n) is 2.89. The third-order valence-electron chi connectivity index (χ3n) is 3.74. The first-order valence-electron chi connectivity index (χ1n) is 5.95. The van der Waals surface area contributed by atoms with Gasteiger partial charge in [0.2, 0.25) is 0 Å². The fourth-order valence-corrected chi connectivity index (χ4v) is 2.89. The molecule has 2 unspecified atom stereocenters.